The Morgan fingerprint density at radius 2 is 1.67 bits per heavy atom. The van der Waals surface area contributed by atoms with Gasteiger partial charge in [-0.3, -0.25) is 9.59 Å². The van der Waals surface area contributed by atoms with Crippen molar-refractivity contribution in [2.24, 2.45) is 5.73 Å². The van der Waals surface area contributed by atoms with Gasteiger partial charge in [0.25, 0.3) is 5.91 Å². The third kappa shape index (κ3) is 5.32. The SMILES string of the molecule is NC(=O)Cc1ncc(NC(=O)c2cc(-c3ncccn3)c(C(F)(F)F)cc2F)c(-c2ccccc2)n1. The van der Waals surface area contributed by atoms with E-state index in [1.165, 1.54) is 24.7 Å². The molecule has 0 saturated carbocycles. The van der Waals surface area contributed by atoms with Gasteiger partial charge in [0.2, 0.25) is 5.91 Å². The Hall–Kier alpha value is -4.74. The predicted molar refractivity (Wildman–Crippen MR) is 121 cm³/mol. The topological polar surface area (TPSA) is 124 Å². The molecule has 2 heterocycles. The minimum atomic E-state index is -4.92. The highest BCUT2D eigenvalue weighted by molar-refractivity contribution is 6.06. The maximum Gasteiger partial charge on any atom is 0.417 e. The Kier molecular flexibility index (Phi) is 6.68. The van der Waals surface area contributed by atoms with Crippen molar-refractivity contribution in [3.05, 3.63) is 89.9 Å². The average molecular weight is 496 g/mol. The van der Waals surface area contributed by atoms with E-state index in [4.69, 9.17) is 5.73 Å². The Morgan fingerprint density at radius 3 is 2.31 bits per heavy atom. The molecule has 0 unspecified atom stereocenters. The Morgan fingerprint density at radius 1 is 0.972 bits per heavy atom. The molecule has 2 aromatic carbocycles. The van der Waals surface area contributed by atoms with Crippen LogP contribution in [0, 0.1) is 5.82 Å². The number of primary amides is 1. The number of carbonyl (C=O) groups excluding carboxylic acids is 2. The summed E-state index contributed by atoms with van der Waals surface area (Å²) in [5, 5.41) is 2.44. The second kappa shape index (κ2) is 9.86. The fourth-order valence-electron chi connectivity index (χ4n) is 3.36. The lowest BCUT2D eigenvalue weighted by Gasteiger charge is -2.15. The van der Waals surface area contributed by atoms with E-state index in [0.717, 1.165) is 6.07 Å². The quantitative estimate of drug-likeness (QED) is 0.389. The summed E-state index contributed by atoms with van der Waals surface area (Å²) in [6.45, 7) is 0. The first-order chi connectivity index (χ1) is 17.1. The molecule has 4 aromatic rings. The molecule has 12 heteroatoms. The summed E-state index contributed by atoms with van der Waals surface area (Å²) >= 11 is 0. The number of alkyl halides is 3. The maximum atomic E-state index is 14.8. The van der Waals surface area contributed by atoms with Crippen molar-refractivity contribution in [2.45, 2.75) is 12.6 Å². The number of rotatable bonds is 6. The lowest BCUT2D eigenvalue weighted by atomic mass is 10.0. The van der Waals surface area contributed by atoms with Crippen LogP contribution in [-0.2, 0) is 17.4 Å². The van der Waals surface area contributed by atoms with E-state index >= 15 is 0 Å². The molecule has 0 aliphatic rings. The van der Waals surface area contributed by atoms with Crippen molar-refractivity contribution in [1.82, 2.24) is 19.9 Å². The normalized spacial score (nSPS) is 11.2. The minimum absolute atomic E-state index is 0.0382. The number of carbonyl (C=O) groups is 2. The number of nitrogens with two attached hydrogens (primary N) is 1. The summed E-state index contributed by atoms with van der Waals surface area (Å²) in [6, 6.07) is 10.9. The first-order valence-electron chi connectivity index (χ1n) is 10.3. The molecule has 0 radical (unpaired) electrons. The minimum Gasteiger partial charge on any atom is -0.369 e. The highest BCUT2D eigenvalue weighted by atomic mass is 19.4. The van der Waals surface area contributed by atoms with E-state index in [9.17, 15) is 27.2 Å². The zero-order valence-corrected chi connectivity index (χ0v) is 18.3. The van der Waals surface area contributed by atoms with Crippen LogP contribution in [0.25, 0.3) is 22.6 Å². The molecular weight excluding hydrogens is 480 g/mol. The van der Waals surface area contributed by atoms with Crippen molar-refractivity contribution in [2.75, 3.05) is 5.32 Å². The monoisotopic (exact) mass is 496 g/mol. The number of amides is 2. The van der Waals surface area contributed by atoms with Gasteiger partial charge in [0.05, 0.1) is 35.1 Å². The molecule has 2 amide bonds. The van der Waals surface area contributed by atoms with E-state index in [1.807, 2.05) is 0 Å². The van der Waals surface area contributed by atoms with Gasteiger partial charge in [-0.15, -0.1) is 0 Å². The summed E-state index contributed by atoms with van der Waals surface area (Å²) in [7, 11) is 0. The van der Waals surface area contributed by atoms with Crippen LogP contribution in [0.1, 0.15) is 21.7 Å². The number of nitrogens with zero attached hydrogens (tertiary/aromatic N) is 4. The molecule has 0 spiro atoms. The summed E-state index contributed by atoms with van der Waals surface area (Å²) in [4.78, 5) is 40.2. The van der Waals surface area contributed by atoms with Crippen LogP contribution in [0.2, 0.25) is 0 Å². The van der Waals surface area contributed by atoms with Gasteiger partial charge in [0.15, 0.2) is 5.82 Å². The molecule has 0 aliphatic carbocycles. The smallest absolute Gasteiger partial charge is 0.369 e. The van der Waals surface area contributed by atoms with Crippen molar-refractivity contribution in [3.63, 3.8) is 0 Å². The largest absolute Gasteiger partial charge is 0.417 e. The second-order valence-corrected chi connectivity index (χ2v) is 7.46. The summed E-state index contributed by atoms with van der Waals surface area (Å²) in [6.07, 6.45) is -1.53. The molecule has 0 atom stereocenters. The van der Waals surface area contributed by atoms with Gasteiger partial charge < -0.3 is 11.1 Å². The molecule has 0 bridgehead atoms. The van der Waals surface area contributed by atoms with Crippen molar-refractivity contribution < 1.29 is 27.2 Å². The molecule has 36 heavy (non-hydrogen) atoms. The number of hydrogen-bond acceptors (Lipinski definition) is 6. The van der Waals surface area contributed by atoms with E-state index in [0.29, 0.717) is 5.56 Å². The molecule has 3 N–H and O–H groups in total. The Balaban J connectivity index is 1.77. The van der Waals surface area contributed by atoms with Crippen LogP contribution in [-0.4, -0.2) is 31.8 Å². The molecule has 8 nitrogen and oxygen atoms in total. The molecule has 0 saturated heterocycles. The van der Waals surface area contributed by atoms with Gasteiger partial charge in [-0.1, -0.05) is 30.3 Å². The molecule has 0 fully saturated rings. The maximum absolute atomic E-state index is 14.8. The second-order valence-electron chi connectivity index (χ2n) is 7.46. The van der Waals surface area contributed by atoms with Crippen molar-refractivity contribution in [3.8, 4) is 22.6 Å². The van der Waals surface area contributed by atoms with E-state index in [2.05, 4.69) is 25.3 Å². The number of nitrogens with one attached hydrogen (secondary N) is 1. The van der Waals surface area contributed by atoms with Gasteiger partial charge in [-0.05, 0) is 18.2 Å². The van der Waals surface area contributed by atoms with Crippen LogP contribution in [0.5, 0.6) is 0 Å². The lowest BCUT2D eigenvalue weighted by molar-refractivity contribution is -0.137. The van der Waals surface area contributed by atoms with Crippen molar-refractivity contribution >= 4 is 17.5 Å². The zero-order chi connectivity index (χ0) is 25.9. The fraction of sp³-hybridized carbons (Fsp3) is 0.0833. The van der Waals surface area contributed by atoms with Gasteiger partial charge in [-0.25, -0.2) is 24.3 Å². The van der Waals surface area contributed by atoms with Gasteiger partial charge in [0, 0.05) is 23.5 Å². The zero-order valence-electron chi connectivity index (χ0n) is 18.3. The number of aromatic nitrogens is 4. The van der Waals surface area contributed by atoms with Crippen molar-refractivity contribution in [1.29, 1.82) is 0 Å². The summed E-state index contributed by atoms with van der Waals surface area (Å²) in [5.74, 6) is -3.37. The van der Waals surface area contributed by atoms with E-state index in [-0.39, 0.29) is 35.5 Å². The predicted octanol–water partition coefficient (Wildman–Crippen LogP) is 4.04. The first kappa shape index (κ1) is 24.4. The Bertz CT molecular complexity index is 1430. The lowest BCUT2D eigenvalue weighted by Crippen LogP contribution is -2.19. The van der Waals surface area contributed by atoms with E-state index < -0.39 is 40.5 Å². The van der Waals surface area contributed by atoms with Crippen LogP contribution < -0.4 is 11.1 Å². The number of benzene rings is 2. The summed E-state index contributed by atoms with van der Waals surface area (Å²) < 4.78 is 55.5. The summed E-state index contributed by atoms with van der Waals surface area (Å²) in [5.41, 5.74) is 3.42. The highest BCUT2D eigenvalue weighted by Gasteiger charge is 2.36. The first-order valence-corrected chi connectivity index (χ1v) is 10.3. The van der Waals surface area contributed by atoms with Gasteiger partial charge in [0.1, 0.15) is 11.6 Å². The number of anilines is 1. The van der Waals surface area contributed by atoms with Crippen LogP contribution >= 0.6 is 0 Å². The molecule has 182 valence electrons. The number of halogens is 4. The van der Waals surface area contributed by atoms with Crippen LogP contribution in [0.15, 0.2) is 67.1 Å². The molecular formula is C24H16F4N6O2. The van der Waals surface area contributed by atoms with Crippen LogP contribution in [0.3, 0.4) is 0 Å². The Labute approximate surface area is 201 Å². The molecule has 2 aromatic heterocycles. The highest BCUT2D eigenvalue weighted by Crippen LogP contribution is 2.37. The third-order valence-corrected chi connectivity index (χ3v) is 4.93. The fourth-order valence-corrected chi connectivity index (χ4v) is 3.36. The van der Waals surface area contributed by atoms with E-state index in [1.54, 1.807) is 30.3 Å². The molecule has 0 aliphatic heterocycles. The van der Waals surface area contributed by atoms with Gasteiger partial charge >= 0.3 is 6.18 Å². The van der Waals surface area contributed by atoms with Crippen LogP contribution in [0.4, 0.5) is 23.2 Å². The average Bonchev–Trinajstić information content (AvgIpc) is 2.85. The number of hydrogen-bond donors (Lipinski definition) is 2. The molecule has 4 rings (SSSR count). The van der Waals surface area contributed by atoms with Gasteiger partial charge in [-0.2, -0.15) is 13.2 Å². The third-order valence-electron chi connectivity index (χ3n) is 4.93. The standard InChI is InChI=1S/C24H16F4N6O2/c25-17-10-16(24(26,27)28)14(22-30-7-4-8-31-22)9-15(17)23(36)33-18-12-32-20(11-19(29)35)34-21(18)13-5-2-1-3-6-13/h1-10,12H,11H2,(H2,29,35)(H,33,36).